The molecule has 3 heterocycles. The van der Waals surface area contributed by atoms with Crippen molar-refractivity contribution in [3.8, 4) is 5.75 Å². The summed E-state index contributed by atoms with van der Waals surface area (Å²) in [6.07, 6.45) is 2.79. The Kier molecular flexibility index (Phi) is 8.96. The molecule has 3 aromatic rings. The number of carbonyl (C=O) groups is 1. The van der Waals surface area contributed by atoms with E-state index in [0.29, 0.717) is 28.7 Å². The van der Waals surface area contributed by atoms with E-state index in [1.807, 2.05) is 60.7 Å². The van der Waals surface area contributed by atoms with Crippen molar-refractivity contribution < 1.29 is 40.8 Å². The SMILES string of the molecule is O=C(OC1C[N+]2(CCCOc3ccc(Cl)cc3)CCC1CC2)C(O)(c1ccccc1)c1ccccc1.[Br-]. The van der Waals surface area contributed by atoms with Crippen LogP contribution in [-0.4, -0.2) is 54.4 Å². The van der Waals surface area contributed by atoms with Crippen LogP contribution in [0.4, 0.5) is 0 Å². The van der Waals surface area contributed by atoms with E-state index in [-0.39, 0.29) is 23.1 Å². The molecule has 1 N–H and O–H groups in total. The number of benzene rings is 3. The molecular weight excluding hydrogens is 554 g/mol. The van der Waals surface area contributed by atoms with Gasteiger partial charge in [-0.15, -0.1) is 0 Å². The van der Waals surface area contributed by atoms with Gasteiger partial charge >= 0.3 is 5.97 Å². The highest BCUT2D eigenvalue weighted by Crippen LogP contribution is 2.38. The summed E-state index contributed by atoms with van der Waals surface area (Å²) >= 11 is 5.95. The van der Waals surface area contributed by atoms with Crippen LogP contribution in [0.1, 0.15) is 30.4 Å². The van der Waals surface area contributed by atoms with Gasteiger partial charge in [0.25, 0.3) is 0 Å². The van der Waals surface area contributed by atoms with Crippen molar-refractivity contribution in [1.82, 2.24) is 0 Å². The molecule has 3 aliphatic rings. The normalized spacial score (nSPS) is 22.6. The molecule has 0 radical (unpaired) electrons. The summed E-state index contributed by atoms with van der Waals surface area (Å²) in [5.41, 5.74) is -0.803. The molecule has 1 unspecified atom stereocenters. The molecular formula is C30H33BrClNO4. The first kappa shape index (κ1) is 27.6. The number of hydrogen-bond acceptors (Lipinski definition) is 4. The summed E-state index contributed by atoms with van der Waals surface area (Å²) in [7, 11) is 0. The lowest BCUT2D eigenvalue weighted by Gasteiger charge is -2.52. The van der Waals surface area contributed by atoms with E-state index in [1.54, 1.807) is 24.3 Å². The van der Waals surface area contributed by atoms with Gasteiger partial charge in [-0.2, -0.15) is 0 Å². The van der Waals surface area contributed by atoms with Gasteiger partial charge in [0.2, 0.25) is 5.60 Å². The van der Waals surface area contributed by atoms with E-state index in [4.69, 9.17) is 21.1 Å². The third kappa shape index (κ3) is 6.04. The Morgan fingerprint density at radius 2 is 1.49 bits per heavy atom. The summed E-state index contributed by atoms with van der Waals surface area (Å²) in [5, 5.41) is 12.5. The minimum absolute atomic E-state index is 0. The van der Waals surface area contributed by atoms with Crippen molar-refractivity contribution in [1.29, 1.82) is 0 Å². The number of aliphatic hydroxyl groups is 1. The number of nitrogens with zero attached hydrogens (tertiary/aromatic N) is 1. The molecule has 1 atom stereocenters. The van der Waals surface area contributed by atoms with Gasteiger partial charge in [0.05, 0.1) is 26.2 Å². The first-order chi connectivity index (χ1) is 17.5. The molecule has 3 aromatic carbocycles. The Morgan fingerprint density at radius 1 is 0.919 bits per heavy atom. The van der Waals surface area contributed by atoms with E-state index in [1.165, 1.54) is 0 Å². The van der Waals surface area contributed by atoms with Gasteiger partial charge in [-0.25, -0.2) is 4.79 Å². The quantitative estimate of drug-likeness (QED) is 0.237. The standard InChI is InChI=1S/C30H33ClNO4.BrH/c31-26-12-14-27(15-13-26)35-21-7-18-32-19-16-23(17-20-32)28(22-32)36-29(33)30(34,24-8-3-1-4-9-24)25-10-5-2-6-11-25;/h1-6,8-15,23,28,34H,7,16-22H2;1H/q+1;/p-1. The second-order valence-corrected chi connectivity index (χ2v) is 10.5. The van der Waals surface area contributed by atoms with Crippen LogP contribution in [0.2, 0.25) is 5.02 Å². The Labute approximate surface area is 234 Å². The van der Waals surface area contributed by atoms with Crippen LogP contribution in [0, 0.1) is 5.92 Å². The lowest BCUT2D eigenvalue weighted by atomic mass is 9.82. The number of quaternary nitrogens is 1. The van der Waals surface area contributed by atoms with Crippen molar-refractivity contribution in [2.75, 3.05) is 32.8 Å². The molecule has 0 spiro atoms. The fourth-order valence-corrected chi connectivity index (χ4v) is 5.90. The summed E-state index contributed by atoms with van der Waals surface area (Å²) in [6, 6.07) is 25.6. The van der Waals surface area contributed by atoms with Crippen molar-refractivity contribution in [3.05, 3.63) is 101 Å². The van der Waals surface area contributed by atoms with Crippen LogP contribution >= 0.6 is 11.6 Å². The van der Waals surface area contributed by atoms with Gasteiger partial charge in [0.1, 0.15) is 12.3 Å². The molecule has 3 fully saturated rings. The minimum atomic E-state index is -1.84. The Morgan fingerprint density at radius 3 is 2.05 bits per heavy atom. The summed E-state index contributed by atoms with van der Waals surface area (Å²) in [6.45, 7) is 4.60. The fourth-order valence-electron chi connectivity index (χ4n) is 5.77. The van der Waals surface area contributed by atoms with Gasteiger partial charge in [-0.1, -0.05) is 72.3 Å². The van der Waals surface area contributed by atoms with E-state index >= 15 is 0 Å². The molecule has 0 saturated carbocycles. The molecule has 5 nitrogen and oxygen atoms in total. The third-order valence-corrected chi connectivity index (χ3v) is 8.09. The summed E-state index contributed by atoms with van der Waals surface area (Å²) in [4.78, 5) is 13.6. The Balaban J connectivity index is 0.00000320. The smallest absolute Gasteiger partial charge is 0.348 e. The van der Waals surface area contributed by atoms with Crippen molar-refractivity contribution >= 4 is 17.6 Å². The first-order valence-corrected chi connectivity index (χ1v) is 13.1. The average Bonchev–Trinajstić information content (AvgIpc) is 2.93. The minimum Gasteiger partial charge on any atom is -1.00 e. The van der Waals surface area contributed by atoms with Gasteiger partial charge in [-0.05, 0) is 35.4 Å². The van der Waals surface area contributed by atoms with Crippen molar-refractivity contribution in [3.63, 3.8) is 0 Å². The maximum Gasteiger partial charge on any atom is 0.348 e. The van der Waals surface area contributed by atoms with Crippen LogP contribution in [0.5, 0.6) is 5.75 Å². The van der Waals surface area contributed by atoms with Gasteiger partial charge in [0, 0.05) is 30.2 Å². The monoisotopic (exact) mass is 585 g/mol. The summed E-state index contributed by atoms with van der Waals surface area (Å²) in [5.74, 6) is 0.572. The molecule has 0 amide bonds. The van der Waals surface area contributed by atoms with Crippen molar-refractivity contribution in [2.24, 2.45) is 5.92 Å². The van der Waals surface area contributed by atoms with E-state index in [9.17, 15) is 9.90 Å². The lowest BCUT2D eigenvalue weighted by Crippen LogP contribution is -3.00. The number of hydrogen-bond donors (Lipinski definition) is 1. The predicted octanol–water partition coefficient (Wildman–Crippen LogP) is 2.20. The van der Waals surface area contributed by atoms with Gasteiger partial charge in [-0.3, -0.25) is 0 Å². The predicted molar refractivity (Wildman–Crippen MR) is 140 cm³/mol. The molecule has 0 aliphatic carbocycles. The number of halogens is 2. The maximum absolute atomic E-state index is 13.6. The van der Waals surface area contributed by atoms with Crippen LogP contribution in [0.25, 0.3) is 0 Å². The Hall–Kier alpha value is -2.38. The zero-order valence-electron chi connectivity index (χ0n) is 20.8. The van der Waals surface area contributed by atoms with Gasteiger partial charge in [0.15, 0.2) is 6.10 Å². The number of ether oxygens (including phenoxy) is 2. The molecule has 3 saturated heterocycles. The maximum atomic E-state index is 13.6. The van der Waals surface area contributed by atoms with Crippen LogP contribution in [0.15, 0.2) is 84.9 Å². The van der Waals surface area contributed by atoms with Crippen LogP contribution in [-0.2, 0) is 15.1 Å². The number of rotatable bonds is 9. The molecule has 3 aliphatic heterocycles. The molecule has 196 valence electrons. The second kappa shape index (κ2) is 12.0. The number of fused-ring (bicyclic) bond motifs is 3. The van der Waals surface area contributed by atoms with Crippen LogP contribution in [0.3, 0.4) is 0 Å². The van der Waals surface area contributed by atoms with Crippen molar-refractivity contribution in [2.45, 2.75) is 31.0 Å². The van der Waals surface area contributed by atoms with Gasteiger partial charge < -0.3 is 36.0 Å². The number of piperidine rings is 3. The fraction of sp³-hybridized carbons (Fsp3) is 0.367. The largest absolute Gasteiger partial charge is 1.00 e. The highest BCUT2D eigenvalue weighted by atomic mass is 79.9. The number of esters is 1. The molecule has 2 bridgehead atoms. The Bertz CT molecular complexity index is 1110. The highest BCUT2D eigenvalue weighted by molar-refractivity contribution is 6.30. The zero-order valence-corrected chi connectivity index (χ0v) is 23.1. The second-order valence-electron chi connectivity index (χ2n) is 10.1. The van der Waals surface area contributed by atoms with E-state index < -0.39 is 11.6 Å². The first-order valence-electron chi connectivity index (χ1n) is 12.8. The topological polar surface area (TPSA) is 55.8 Å². The molecule has 37 heavy (non-hydrogen) atoms. The molecule has 7 heteroatoms. The third-order valence-electron chi connectivity index (χ3n) is 7.84. The zero-order chi connectivity index (χ0) is 25.0. The van der Waals surface area contributed by atoms with E-state index in [2.05, 4.69) is 0 Å². The average molecular weight is 587 g/mol. The van der Waals surface area contributed by atoms with E-state index in [0.717, 1.165) is 55.7 Å². The highest BCUT2D eigenvalue weighted by Gasteiger charge is 2.50. The molecule has 0 aromatic heterocycles. The summed E-state index contributed by atoms with van der Waals surface area (Å²) < 4.78 is 13.0. The number of carbonyl (C=O) groups excluding carboxylic acids is 1. The lowest BCUT2D eigenvalue weighted by molar-refractivity contribution is -0.946. The molecule has 6 rings (SSSR count). The van der Waals surface area contributed by atoms with Crippen LogP contribution < -0.4 is 21.7 Å².